The van der Waals surface area contributed by atoms with Crippen LogP contribution < -0.4 is 10.6 Å². The van der Waals surface area contributed by atoms with Crippen molar-refractivity contribution in [1.82, 2.24) is 15.1 Å². The summed E-state index contributed by atoms with van der Waals surface area (Å²) < 4.78 is 1.75. The molecule has 8 heteroatoms. The molecule has 0 radical (unpaired) electrons. The maximum absolute atomic E-state index is 12.5. The highest BCUT2D eigenvalue weighted by Gasteiger charge is 2.34. The summed E-state index contributed by atoms with van der Waals surface area (Å²) in [5.74, 6) is -0.0487. The van der Waals surface area contributed by atoms with Crippen LogP contribution in [0.25, 0.3) is 0 Å². The average molecular weight is 376 g/mol. The van der Waals surface area contributed by atoms with E-state index in [1.165, 1.54) is 0 Å². The number of amides is 1. The Hall–Kier alpha value is -1.27. The van der Waals surface area contributed by atoms with Gasteiger partial charge in [-0.15, -0.1) is 12.4 Å². The van der Waals surface area contributed by atoms with Crippen molar-refractivity contribution in [3.05, 3.63) is 46.2 Å². The zero-order chi connectivity index (χ0) is 15.7. The maximum atomic E-state index is 12.5. The highest BCUT2D eigenvalue weighted by Crippen LogP contribution is 2.30. The Balaban J connectivity index is 0.00000192. The second kappa shape index (κ2) is 7.53. The molecule has 2 N–H and O–H groups in total. The molecule has 2 atom stereocenters. The van der Waals surface area contributed by atoms with E-state index in [0.29, 0.717) is 22.3 Å². The van der Waals surface area contributed by atoms with Crippen LogP contribution in [0.3, 0.4) is 0 Å². The Morgan fingerprint density at radius 2 is 2.13 bits per heavy atom. The molecule has 0 aliphatic carbocycles. The number of aryl methyl sites for hydroxylation is 1. The zero-order valence-electron chi connectivity index (χ0n) is 12.4. The van der Waals surface area contributed by atoms with E-state index in [2.05, 4.69) is 15.7 Å². The molecule has 5 nitrogen and oxygen atoms in total. The Morgan fingerprint density at radius 3 is 2.78 bits per heavy atom. The van der Waals surface area contributed by atoms with Crippen LogP contribution in [0.1, 0.15) is 11.5 Å². The highest BCUT2D eigenvalue weighted by molar-refractivity contribution is 6.42. The van der Waals surface area contributed by atoms with Gasteiger partial charge in [0.15, 0.2) is 0 Å². The maximum Gasteiger partial charge on any atom is 0.229 e. The molecule has 1 saturated heterocycles. The van der Waals surface area contributed by atoms with Crippen molar-refractivity contribution in [3.63, 3.8) is 0 Å². The van der Waals surface area contributed by atoms with E-state index in [4.69, 9.17) is 23.2 Å². The molecule has 0 unspecified atom stereocenters. The van der Waals surface area contributed by atoms with Crippen molar-refractivity contribution in [3.8, 4) is 0 Å². The summed E-state index contributed by atoms with van der Waals surface area (Å²) in [6, 6.07) is 5.07. The van der Waals surface area contributed by atoms with Crippen LogP contribution in [0.15, 0.2) is 30.6 Å². The fourth-order valence-corrected chi connectivity index (χ4v) is 3.04. The topological polar surface area (TPSA) is 59.0 Å². The Morgan fingerprint density at radius 1 is 1.35 bits per heavy atom. The largest absolute Gasteiger partial charge is 0.326 e. The van der Waals surface area contributed by atoms with Gasteiger partial charge in [0.2, 0.25) is 5.91 Å². The number of carbonyl (C=O) groups is 1. The molecule has 2 aromatic rings. The number of hydrogen-bond donors (Lipinski definition) is 2. The van der Waals surface area contributed by atoms with Gasteiger partial charge in [0.25, 0.3) is 0 Å². The van der Waals surface area contributed by atoms with E-state index in [0.717, 1.165) is 12.1 Å². The molecule has 3 rings (SSSR count). The standard InChI is InChI=1S/C15H16Cl2N4O.ClH/c1-21-8-9(5-19-21)11-6-18-7-12(11)15(22)20-10-2-3-13(16)14(17)4-10;/h2-5,8,11-12,18H,6-7H2,1H3,(H,20,22);1H/t11-,12+;/m1./s1. The molecule has 2 heterocycles. The molecule has 0 bridgehead atoms. The van der Waals surface area contributed by atoms with Gasteiger partial charge in [0.1, 0.15) is 0 Å². The Bertz CT molecular complexity index is 704. The molecule has 1 amide bonds. The van der Waals surface area contributed by atoms with E-state index < -0.39 is 0 Å². The lowest BCUT2D eigenvalue weighted by atomic mass is 9.90. The molecule has 1 aliphatic heterocycles. The molecule has 1 aromatic heterocycles. The zero-order valence-corrected chi connectivity index (χ0v) is 14.8. The average Bonchev–Trinajstić information content (AvgIpc) is 3.11. The summed E-state index contributed by atoms with van der Waals surface area (Å²) in [7, 11) is 1.87. The normalized spacial score (nSPS) is 20.1. The summed E-state index contributed by atoms with van der Waals surface area (Å²) in [6.07, 6.45) is 3.77. The third-order valence-corrected chi connectivity index (χ3v) is 4.63. The van der Waals surface area contributed by atoms with Crippen LogP contribution in [0, 0.1) is 5.92 Å². The first-order chi connectivity index (χ1) is 10.5. The number of halogens is 3. The predicted octanol–water partition coefficient (Wildman–Crippen LogP) is 3.09. The second-order valence-electron chi connectivity index (χ2n) is 5.44. The number of carbonyl (C=O) groups excluding carboxylic acids is 1. The van der Waals surface area contributed by atoms with Crippen LogP contribution in [0.5, 0.6) is 0 Å². The fraction of sp³-hybridized carbons (Fsp3) is 0.333. The van der Waals surface area contributed by atoms with Crippen molar-refractivity contribution in [2.24, 2.45) is 13.0 Å². The second-order valence-corrected chi connectivity index (χ2v) is 6.25. The van der Waals surface area contributed by atoms with Crippen molar-refractivity contribution < 1.29 is 4.79 Å². The lowest BCUT2D eigenvalue weighted by molar-refractivity contribution is -0.119. The van der Waals surface area contributed by atoms with Gasteiger partial charge in [-0.05, 0) is 23.8 Å². The number of nitrogens with one attached hydrogen (secondary N) is 2. The molecule has 23 heavy (non-hydrogen) atoms. The summed E-state index contributed by atoms with van der Waals surface area (Å²) in [5.41, 5.74) is 1.72. The number of rotatable bonds is 3. The molecule has 124 valence electrons. The minimum absolute atomic E-state index is 0. The molecular weight excluding hydrogens is 359 g/mol. The first kappa shape index (κ1) is 18.1. The lowest BCUT2D eigenvalue weighted by Gasteiger charge is -2.17. The summed E-state index contributed by atoms with van der Waals surface area (Å²) in [4.78, 5) is 12.5. The summed E-state index contributed by atoms with van der Waals surface area (Å²) in [6.45, 7) is 1.41. The van der Waals surface area contributed by atoms with Gasteiger partial charge < -0.3 is 10.6 Å². The van der Waals surface area contributed by atoms with E-state index in [1.54, 1.807) is 22.9 Å². The molecule has 1 fully saturated rings. The van der Waals surface area contributed by atoms with Crippen LogP contribution in [-0.2, 0) is 11.8 Å². The van der Waals surface area contributed by atoms with Crippen molar-refractivity contribution >= 4 is 47.2 Å². The summed E-state index contributed by atoms with van der Waals surface area (Å²) in [5, 5.41) is 11.3. The minimum atomic E-state index is -0.140. The van der Waals surface area contributed by atoms with Crippen LogP contribution in [-0.4, -0.2) is 28.8 Å². The molecule has 0 saturated carbocycles. The number of benzene rings is 1. The predicted molar refractivity (Wildman–Crippen MR) is 94.6 cm³/mol. The number of anilines is 1. The lowest BCUT2D eigenvalue weighted by Crippen LogP contribution is -2.28. The molecule has 1 aliphatic rings. The van der Waals surface area contributed by atoms with Gasteiger partial charge in [-0.1, -0.05) is 23.2 Å². The smallest absolute Gasteiger partial charge is 0.229 e. The third kappa shape index (κ3) is 3.98. The summed E-state index contributed by atoms with van der Waals surface area (Å²) >= 11 is 11.9. The van der Waals surface area contributed by atoms with Crippen LogP contribution in [0.2, 0.25) is 10.0 Å². The monoisotopic (exact) mass is 374 g/mol. The number of hydrogen-bond acceptors (Lipinski definition) is 3. The third-order valence-electron chi connectivity index (χ3n) is 3.89. The molecule has 0 spiro atoms. The van der Waals surface area contributed by atoms with Crippen molar-refractivity contribution in [2.45, 2.75) is 5.92 Å². The highest BCUT2D eigenvalue weighted by atomic mass is 35.5. The van der Waals surface area contributed by atoms with Gasteiger partial charge >= 0.3 is 0 Å². The fourth-order valence-electron chi connectivity index (χ4n) is 2.74. The van der Waals surface area contributed by atoms with Crippen molar-refractivity contribution in [1.29, 1.82) is 0 Å². The van der Waals surface area contributed by atoms with Gasteiger partial charge in [0.05, 0.1) is 22.2 Å². The Labute approximate surface area is 150 Å². The first-order valence-electron chi connectivity index (χ1n) is 7.00. The van der Waals surface area contributed by atoms with Crippen LogP contribution >= 0.6 is 35.6 Å². The van der Waals surface area contributed by atoms with E-state index in [-0.39, 0.29) is 30.2 Å². The van der Waals surface area contributed by atoms with E-state index >= 15 is 0 Å². The number of aromatic nitrogens is 2. The van der Waals surface area contributed by atoms with Gasteiger partial charge in [-0.25, -0.2) is 0 Å². The van der Waals surface area contributed by atoms with E-state index in [1.807, 2.05) is 19.4 Å². The minimum Gasteiger partial charge on any atom is -0.326 e. The quantitative estimate of drug-likeness (QED) is 0.866. The van der Waals surface area contributed by atoms with Gasteiger partial charge in [0, 0.05) is 37.9 Å². The SMILES string of the molecule is Cl.Cn1cc([C@H]2CNC[C@@H]2C(=O)Nc2ccc(Cl)c(Cl)c2)cn1. The molecule has 1 aromatic carbocycles. The van der Waals surface area contributed by atoms with Crippen molar-refractivity contribution in [2.75, 3.05) is 18.4 Å². The van der Waals surface area contributed by atoms with Gasteiger partial charge in [-0.2, -0.15) is 5.10 Å². The molecular formula is C15H17Cl3N4O. The van der Waals surface area contributed by atoms with Gasteiger partial charge in [-0.3, -0.25) is 9.48 Å². The number of nitrogens with zero attached hydrogens (tertiary/aromatic N) is 2. The Kier molecular flexibility index (Phi) is 5.92. The first-order valence-corrected chi connectivity index (χ1v) is 7.75. The van der Waals surface area contributed by atoms with Crippen LogP contribution in [0.4, 0.5) is 5.69 Å². The van der Waals surface area contributed by atoms with E-state index in [9.17, 15) is 4.79 Å².